The predicted octanol–water partition coefficient (Wildman–Crippen LogP) is 2.25. The number of fused-ring (bicyclic) bond motifs is 1. The SMILES string of the molecule is Cc1nsc(N2CCCN(c3nc(C(F)(F)F)nc4nc[nH]c34)CC2)n1. The number of rotatable bonds is 2. The van der Waals surface area contributed by atoms with Crippen molar-refractivity contribution in [3.05, 3.63) is 18.0 Å². The van der Waals surface area contributed by atoms with E-state index in [9.17, 15) is 13.2 Å². The number of hydrogen-bond acceptors (Lipinski definition) is 8. The second-order valence-corrected chi connectivity index (χ2v) is 6.65. The molecule has 0 amide bonds. The van der Waals surface area contributed by atoms with Gasteiger partial charge in [-0.1, -0.05) is 0 Å². The summed E-state index contributed by atoms with van der Waals surface area (Å²) in [5.74, 6) is -0.223. The Morgan fingerprint density at radius 2 is 1.85 bits per heavy atom. The fourth-order valence-electron chi connectivity index (χ4n) is 2.91. The second-order valence-electron chi connectivity index (χ2n) is 5.92. The second kappa shape index (κ2) is 6.34. The van der Waals surface area contributed by atoms with Gasteiger partial charge in [0.1, 0.15) is 11.3 Å². The van der Waals surface area contributed by atoms with Crippen LogP contribution in [-0.4, -0.2) is 55.5 Å². The van der Waals surface area contributed by atoms with Crippen LogP contribution in [0.15, 0.2) is 6.33 Å². The Hall–Kier alpha value is -2.50. The van der Waals surface area contributed by atoms with Crippen LogP contribution in [0.5, 0.6) is 0 Å². The molecular formula is C14H15F3N8S. The maximum Gasteiger partial charge on any atom is 0.451 e. The number of alkyl halides is 3. The van der Waals surface area contributed by atoms with Crippen LogP contribution in [0.3, 0.4) is 0 Å². The Bertz CT molecular complexity index is 920. The van der Waals surface area contributed by atoms with E-state index in [1.807, 2.05) is 11.8 Å². The summed E-state index contributed by atoms with van der Waals surface area (Å²) in [6.45, 7) is 4.31. The number of nitrogens with zero attached hydrogens (tertiary/aromatic N) is 7. The molecule has 0 aromatic carbocycles. The Morgan fingerprint density at radius 3 is 2.58 bits per heavy atom. The van der Waals surface area contributed by atoms with E-state index in [2.05, 4.69) is 34.2 Å². The highest BCUT2D eigenvalue weighted by atomic mass is 32.1. The summed E-state index contributed by atoms with van der Waals surface area (Å²) in [5.41, 5.74) is 0.432. The van der Waals surface area contributed by atoms with E-state index in [4.69, 9.17) is 0 Å². The molecule has 3 aromatic heterocycles. The number of aromatic nitrogens is 6. The number of halogens is 3. The van der Waals surface area contributed by atoms with Crippen LogP contribution in [0, 0.1) is 6.92 Å². The van der Waals surface area contributed by atoms with Crippen LogP contribution in [0.2, 0.25) is 0 Å². The van der Waals surface area contributed by atoms with E-state index in [-0.39, 0.29) is 11.5 Å². The molecule has 8 nitrogen and oxygen atoms in total. The first-order valence-electron chi connectivity index (χ1n) is 8.00. The zero-order valence-corrected chi connectivity index (χ0v) is 14.6. The minimum absolute atomic E-state index is 0.0168. The van der Waals surface area contributed by atoms with E-state index in [1.165, 1.54) is 17.9 Å². The van der Waals surface area contributed by atoms with Gasteiger partial charge in [0.15, 0.2) is 11.5 Å². The average molecular weight is 384 g/mol. The summed E-state index contributed by atoms with van der Waals surface area (Å²) < 4.78 is 43.6. The van der Waals surface area contributed by atoms with Gasteiger partial charge >= 0.3 is 6.18 Å². The Morgan fingerprint density at radius 1 is 1.08 bits per heavy atom. The predicted molar refractivity (Wildman–Crippen MR) is 90.4 cm³/mol. The topological polar surface area (TPSA) is 86.7 Å². The average Bonchev–Trinajstić information content (AvgIpc) is 3.16. The number of aryl methyl sites for hydroxylation is 1. The molecule has 1 aliphatic rings. The largest absolute Gasteiger partial charge is 0.451 e. The van der Waals surface area contributed by atoms with Gasteiger partial charge in [-0.05, 0) is 13.3 Å². The first kappa shape index (κ1) is 16.9. The molecule has 26 heavy (non-hydrogen) atoms. The maximum atomic E-state index is 13.1. The Labute approximate surface area is 150 Å². The van der Waals surface area contributed by atoms with Gasteiger partial charge in [0.05, 0.1) is 6.33 Å². The van der Waals surface area contributed by atoms with Gasteiger partial charge in [-0.3, -0.25) is 0 Å². The summed E-state index contributed by atoms with van der Waals surface area (Å²) >= 11 is 1.33. The number of anilines is 2. The van der Waals surface area contributed by atoms with Crippen molar-refractivity contribution >= 4 is 33.6 Å². The van der Waals surface area contributed by atoms with Gasteiger partial charge in [-0.2, -0.15) is 17.5 Å². The molecule has 4 rings (SSSR count). The van der Waals surface area contributed by atoms with Crippen molar-refractivity contribution in [1.29, 1.82) is 0 Å². The van der Waals surface area contributed by atoms with E-state index >= 15 is 0 Å². The maximum absolute atomic E-state index is 13.1. The van der Waals surface area contributed by atoms with Crippen molar-refractivity contribution in [3.63, 3.8) is 0 Å². The molecule has 3 aromatic rings. The minimum Gasteiger partial charge on any atom is -0.353 e. The van der Waals surface area contributed by atoms with Crippen molar-refractivity contribution in [2.75, 3.05) is 36.0 Å². The van der Waals surface area contributed by atoms with Crippen molar-refractivity contribution in [2.24, 2.45) is 0 Å². The van der Waals surface area contributed by atoms with Crippen LogP contribution < -0.4 is 9.80 Å². The third-order valence-electron chi connectivity index (χ3n) is 4.10. The fraction of sp³-hybridized carbons (Fsp3) is 0.500. The van der Waals surface area contributed by atoms with Gasteiger partial charge in [0.2, 0.25) is 11.0 Å². The molecule has 0 atom stereocenters. The molecule has 0 unspecified atom stereocenters. The molecule has 1 fully saturated rings. The van der Waals surface area contributed by atoms with Gasteiger partial charge in [-0.25, -0.2) is 19.9 Å². The van der Waals surface area contributed by atoms with E-state index in [0.29, 0.717) is 25.2 Å². The van der Waals surface area contributed by atoms with Crippen molar-refractivity contribution < 1.29 is 13.2 Å². The van der Waals surface area contributed by atoms with Crippen molar-refractivity contribution in [2.45, 2.75) is 19.5 Å². The number of nitrogens with one attached hydrogen (secondary N) is 1. The molecule has 138 valence electrons. The molecule has 0 spiro atoms. The highest BCUT2D eigenvalue weighted by Gasteiger charge is 2.36. The highest BCUT2D eigenvalue weighted by Crippen LogP contribution is 2.31. The monoisotopic (exact) mass is 384 g/mol. The highest BCUT2D eigenvalue weighted by molar-refractivity contribution is 7.09. The van der Waals surface area contributed by atoms with E-state index < -0.39 is 12.0 Å². The third kappa shape index (κ3) is 3.16. The summed E-state index contributed by atoms with van der Waals surface area (Å²) in [5, 5.41) is 0.828. The Kier molecular flexibility index (Phi) is 4.13. The summed E-state index contributed by atoms with van der Waals surface area (Å²) in [4.78, 5) is 22.4. The lowest BCUT2D eigenvalue weighted by Gasteiger charge is -2.23. The van der Waals surface area contributed by atoms with Crippen molar-refractivity contribution in [1.82, 2.24) is 29.3 Å². The lowest BCUT2D eigenvalue weighted by Crippen LogP contribution is -2.31. The van der Waals surface area contributed by atoms with Gasteiger partial charge in [0.25, 0.3) is 0 Å². The zero-order valence-electron chi connectivity index (χ0n) is 13.8. The van der Waals surface area contributed by atoms with Crippen LogP contribution in [0.4, 0.5) is 24.1 Å². The first-order valence-corrected chi connectivity index (χ1v) is 8.77. The molecule has 12 heteroatoms. The Balaban J connectivity index is 1.64. The van der Waals surface area contributed by atoms with Gasteiger partial charge < -0.3 is 14.8 Å². The molecule has 0 radical (unpaired) electrons. The number of imidazole rings is 1. The normalized spacial score (nSPS) is 16.3. The van der Waals surface area contributed by atoms with Crippen LogP contribution in [-0.2, 0) is 6.18 Å². The molecule has 1 aliphatic heterocycles. The fourth-order valence-corrected chi connectivity index (χ4v) is 3.63. The standard InChI is InChI=1S/C14H15F3N8S/c1-8-20-13(26-23-8)25-4-2-3-24(5-6-25)11-9-10(19-7-18-9)21-12(22-11)14(15,16)17/h7H,2-6H2,1H3,(H,18,19,21,22). The molecule has 0 saturated carbocycles. The van der Waals surface area contributed by atoms with Crippen LogP contribution >= 0.6 is 11.5 Å². The summed E-state index contributed by atoms with van der Waals surface area (Å²) in [7, 11) is 0. The number of H-pyrrole nitrogens is 1. The van der Waals surface area contributed by atoms with E-state index in [0.717, 1.165) is 23.9 Å². The lowest BCUT2D eigenvalue weighted by atomic mass is 10.3. The molecule has 0 bridgehead atoms. The molecule has 4 heterocycles. The summed E-state index contributed by atoms with van der Waals surface area (Å²) in [6.07, 6.45) is -2.53. The van der Waals surface area contributed by atoms with Crippen LogP contribution in [0.1, 0.15) is 18.1 Å². The minimum atomic E-state index is -4.62. The lowest BCUT2D eigenvalue weighted by molar-refractivity contribution is -0.144. The number of hydrogen-bond donors (Lipinski definition) is 1. The first-order chi connectivity index (χ1) is 12.4. The molecule has 1 N–H and O–H groups in total. The van der Waals surface area contributed by atoms with Crippen molar-refractivity contribution in [3.8, 4) is 0 Å². The smallest absolute Gasteiger partial charge is 0.353 e. The van der Waals surface area contributed by atoms with Crippen LogP contribution in [0.25, 0.3) is 11.2 Å². The zero-order chi connectivity index (χ0) is 18.3. The molecule has 0 aliphatic carbocycles. The number of aromatic amines is 1. The van der Waals surface area contributed by atoms with Gasteiger partial charge in [0, 0.05) is 37.7 Å². The quantitative estimate of drug-likeness (QED) is 0.725. The molecule has 1 saturated heterocycles. The third-order valence-corrected chi connectivity index (χ3v) is 4.97. The molecular weight excluding hydrogens is 369 g/mol. The summed E-state index contributed by atoms with van der Waals surface area (Å²) in [6, 6.07) is 0. The van der Waals surface area contributed by atoms with Gasteiger partial charge in [-0.15, -0.1) is 0 Å². The van der Waals surface area contributed by atoms with E-state index in [1.54, 1.807) is 0 Å².